The van der Waals surface area contributed by atoms with Crippen LogP contribution in [0, 0.1) is 5.92 Å². The Balaban J connectivity index is 1.61. The van der Waals surface area contributed by atoms with E-state index in [1.165, 1.54) is 0 Å². The molecule has 2 aromatic rings. The molecule has 1 aromatic carbocycles. The van der Waals surface area contributed by atoms with Gasteiger partial charge in [-0.25, -0.2) is 0 Å². The second-order valence-electron chi connectivity index (χ2n) is 7.85. The summed E-state index contributed by atoms with van der Waals surface area (Å²) >= 11 is 0. The minimum Gasteiger partial charge on any atom is -0.497 e. The summed E-state index contributed by atoms with van der Waals surface area (Å²) in [6.45, 7) is 4.01. The number of nitrogens with one attached hydrogen (secondary N) is 1. The average molecular weight is 396 g/mol. The molecule has 3 heterocycles. The summed E-state index contributed by atoms with van der Waals surface area (Å²) in [5.74, 6) is 0.537. The van der Waals surface area contributed by atoms with E-state index in [4.69, 9.17) is 4.74 Å². The van der Waals surface area contributed by atoms with Gasteiger partial charge in [0.2, 0.25) is 11.8 Å². The Kier molecular flexibility index (Phi) is 5.56. The molecule has 154 valence electrons. The molecule has 4 rings (SSSR count). The van der Waals surface area contributed by atoms with Crippen LogP contribution in [0.3, 0.4) is 0 Å². The monoisotopic (exact) mass is 396 g/mol. The van der Waals surface area contributed by atoms with E-state index >= 15 is 0 Å². The topological polar surface area (TPSA) is 78.5 Å². The summed E-state index contributed by atoms with van der Waals surface area (Å²) in [6, 6.07) is 7.53. The van der Waals surface area contributed by atoms with Crippen LogP contribution in [0.5, 0.6) is 5.75 Å². The fourth-order valence-electron chi connectivity index (χ4n) is 4.46. The van der Waals surface area contributed by atoms with Gasteiger partial charge in [0, 0.05) is 43.7 Å². The van der Waals surface area contributed by atoms with Crippen LogP contribution in [0.2, 0.25) is 0 Å². The number of ether oxygens (including phenoxy) is 1. The van der Waals surface area contributed by atoms with Crippen LogP contribution in [0.4, 0.5) is 0 Å². The Hall–Kier alpha value is -2.83. The number of likely N-dealkylation sites (tertiary alicyclic amines) is 1. The van der Waals surface area contributed by atoms with E-state index < -0.39 is 0 Å². The van der Waals surface area contributed by atoms with E-state index in [2.05, 4.69) is 17.1 Å². The smallest absolute Gasteiger partial charge is 0.228 e. The van der Waals surface area contributed by atoms with Crippen molar-refractivity contribution in [2.45, 2.75) is 45.2 Å². The standard InChI is InChI=1S/C22H28N4O3/c1-3-4-10-26-20(27)12-18(21(26)15-5-7-17(29-2)8-6-15)22(28)25-11-9-19-16(14-25)13-23-24-19/h5-8,13,18,21H,3-4,9-12,14H2,1-2H3,(H,23,24). The number of hydrogen-bond acceptors (Lipinski definition) is 4. The largest absolute Gasteiger partial charge is 0.497 e. The molecule has 2 aliphatic rings. The van der Waals surface area contributed by atoms with Crippen LogP contribution in [0.15, 0.2) is 30.5 Å². The molecule has 1 saturated heterocycles. The lowest BCUT2D eigenvalue weighted by molar-refractivity contribution is -0.137. The minimum absolute atomic E-state index is 0.0602. The summed E-state index contributed by atoms with van der Waals surface area (Å²) < 4.78 is 5.28. The normalized spacial score (nSPS) is 21.4. The van der Waals surface area contributed by atoms with Gasteiger partial charge in [0.25, 0.3) is 0 Å². The van der Waals surface area contributed by atoms with E-state index in [1.54, 1.807) is 13.3 Å². The van der Waals surface area contributed by atoms with E-state index in [1.807, 2.05) is 34.1 Å². The van der Waals surface area contributed by atoms with Gasteiger partial charge in [-0.1, -0.05) is 25.5 Å². The highest BCUT2D eigenvalue weighted by Gasteiger charge is 2.45. The number of unbranched alkanes of at least 4 members (excludes halogenated alkanes) is 1. The van der Waals surface area contributed by atoms with Crippen molar-refractivity contribution in [2.24, 2.45) is 5.92 Å². The number of fused-ring (bicyclic) bond motifs is 1. The van der Waals surface area contributed by atoms with Gasteiger partial charge in [-0.15, -0.1) is 0 Å². The van der Waals surface area contributed by atoms with Gasteiger partial charge in [0.1, 0.15) is 5.75 Å². The van der Waals surface area contributed by atoms with Crippen molar-refractivity contribution < 1.29 is 14.3 Å². The first-order valence-corrected chi connectivity index (χ1v) is 10.4. The highest BCUT2D eigenvalue weighted by atomic mass is 16.5. The first-order valence-electron chi connectivity index (χ1n) is 10.4. The zero-order valence-electron chi connectivity index (χ0n) is 17.1. The second-order valence-corrected chi connectivity index (χ2v) is 7.85. The fraction of sp³-hybridized carbons (Fsp3) is 0.500. The van der Waals surface area contributed by atoms with Gasteiger partial charge in [-0.3, -0.25) is 14.7 Å². The predicted octanol–water partition coefficient (Wildman–Crippen LogP) is 2.69. The van der Waals surface area contributed by atoms with Gasteiger partial charge < -0.3 is 14.5 Å². The van der Waals surface area contributed by atoms with E-state index in [0.29, 0.717) is 19.6 Å². The summed E-state index contributed by atoms with van der Waals surface area (Å²) in [7, 11) is 1.63. The van der Waals surface area contributed by atoms with Crippen LogP contribution in [0.1, 0.15) is 49.0 Å². The molecule has 0 aliphatic carbocycles. The van der Waals surface area contributed by atoms with E-state index in [0.717, 1.165) is 41.8 Å². The Morgan fingerprint density at radius 2 is 2.10 bits per heavy atom. The summed E-state index contributed by atoms with van der Waals surface area (Å²) in [4.78, 5) is 30.1. The van der Waals surface area contributed by atoms with E-state index in [9.17, 15) is 9.59 Å². The quantitative estimate of drug-likeness (QED) is 0.814. The highest BCUT2D eigenvalue weighted by molar-refractivity contribution is 5.90. The van der Waals surface area contributed by atoms with E-state index in [-0.39, 0.29) is 30.2 Å². The van der Waals surface area contributed by atoms with Crippen LogP contribution < -0.4 is 4.74 Å². The number of hydrogen-bond donors (Lipinski definition) is 1. The Morgan fingerprint density at radius 1 is 1.31 bits per heavy atom. The van der Waals surface area contributed by atoms with Gasteiger partial charge in [0.15, 0.2) is 0 Å². The molecule has 2 amide bonds. The average Bonchev–Trinajstić information content (AvgIpc) is 3.35. The first-order chi connectivity index (χ1) is 14.1. The fourth-order valence-corrected chi connectivity index (χ4v) is 4.46. The third kappa shape index (κ3) is 3.73. The van der Waals surface area contributed by atoms with Crippen molar-refractivity contribution >= 4 is 11.8 Å². The molecule has 0 bridgehead atoms. The Bertz CT molecular complexity index is 876. The lowest BCUT2D eigenvalue weighted by Crippen LogP contribution is -2.41. The van der Waals surface area contributed by atoms with Gasteiger partial charge in [0.05, 0.1) is 25.3 Å². The molecule has 0 saturated carbocycles. The number of aromatic nitrogens is 2. The van der Waals surface area contributed by atoms with Crippen molar-refractivity contribution in [3.8, 4) is 5.75 Å². The molecule has 2 aliphatic heterocycles. The third-order valence-corrected chi connectivity index (χ3v) is 6.07. The predicted molar refractivity (Wildman–Crippen MR) is 108 cm³/mol. The molecule has 1 N–H and O–H groups in total. The van der Waals surface area contributed by atoms with Crippen LogP contribution in [-0.4, -0.2) is 52.0 Å². The number of amides is 2. The van der Waals surface area contributed by atoms with Gasteiger partial charge in [-0.2, -0.15) is 5.10 Å². The maximum absolute atomic E-state index is 13.5. The SMILES string of the molecule is CCCCN1C(=O)CC(C(=O)N2CCc3[nH]ncc3C2)C1c1ccc(OC)cc1. The molecule has 0 radical (unpaired) electrons. The number of methoxy groups -OCH3 is 1. The molecule has 1 fully saturated rings. The van der Waals surface area contributed by atoms with Crippen molar-refractivity contribution in [1.82, 2.24) is 20.0 Å². The zero-order chi connectivity index (χ0) is 20.4. The van der Waals surface area contributed by atoms with Crippen molar-refractivity contribution in [3.63, 3.8) is 0 Å². The Labute approximate surface area is 171 Å². The molecule has 29 heavy (non-hydrogen) atoms. The Morgan fingerprint density at radius 3 is 2.83 bits per heavy atom. The van der Waals surface area contributed by atoms with Crippen molar-refractivity contribution in [3.05, 3.63) is 47.3 Å². The van der Waals surface area contributed by atoms with Gasteiger partial charge in [-0.05, 0) is 24.1 Å². The third-order valence-electron chi connectivity index (χ3n) is 6.07. The molecular weight excluding hydrogens is 368 g/mol. The summed E-state index contributed by atoms with van der Waals surface area (Å²) in [5, 5.41) is 7.10. The lowest BCUT2D eigenvalue weighted by atomic mass is 9.91. The summed E-state index contributed by atoms with van der Waals surface area (Å²) in [6.07, 6.45) is 4.78. The maximum Gasteiger partial charge on any atom is 0.228 e. The van der Waals surface area contributed by atoms with Crippen LogP contribution in [0.25, 0.3) is 0 Å². The summed E-state index contributed by atoms with van der Waals surface area (Å²) in [5.41, 5.74) is 3.16. The molecular formula is C22H28N4O3. The molecule has 1 aromatic heterocycles. The number of carbonyl (C=O) groups excluding carboxylic acids is 2. The van der Waals surface area contributed by atoms with Crippen molar-refractivity contribution in [2.75, 3.05) is 20.2 Å². The molecule has 0 spiro atoms. The first kappa shape index (κ1) is 19.5. The minimum atomic E-state index is -0.360. The number of nitrogens with zero attached hydrogens (tertiary/aromatic N) is 3. The molecule has 7 nitrogen and oxygen atoms in total. The molecule has 2 atom stereocenters. The number of aromatic amines is 1. The lowest BCUT2D eigenvalue weighted by Gasteiger charge is -2.33. The zero-order valence-corrected chi connectivity index (χ0v) is 17.1. The number of H-pyrrole nitrogens is 1. The van der Waals surface area contributed by atoms with Crippen LogP contribution >= 0.6 is 0 Å². The number of carbonyl (C=O) groups is 2. The van der Waals surface area contributed by atoms with Gasteiger partial charge >= 0.3 is 0 Å². The second kappa shape index (κ2) is 8.27. The molecule has 7 heteroatoms. The van der Waals surface area contributed by atoms with Crippen molar-refractivity contribution in [1.29, 1.82) is 0 Å². The highest BCUT2D eigenvalue weighted by Crippen LogP contribution is 2.40. The maximum atomic E-state index is 13.5. The molecule has 2 unspecified atom stereocenters. The number of rotatable bonds is 6. The number of benzene rings is 1. The van der Waals surface area contributed by atoms with Crippen LogP contribution in [-0.2, 0) is 22.6 Å².